The van der Waals surface area contributed by atoms with E-state index in [0.717, 1.165) is 16.7 Å². The highest BCUT2D eigenvalue weighted by molar-refractivity contribution is 5.67. The first-order valence-corrected chi connectivity index (χ1v) is 5.08. The van der Waals surface area contributed by atoms with E-state index < -0.39 is 0 Å². The van der Waals surface area contributed by atoms with Crippen molar-refractivity contribution in [1.82, 2.24) is 0 Å². The molecule has 0 amide bonds. The van der Waals surface area contributed by atoms with Crippen LogP contribution in [0.1, 0.15) is 5.56 Å². The maximum atomic E-state index is 13.1. The number of rotatable bonds is 2. The first kappa shape index (κ1) is 10.4. The molecule has 0 saturated heterocycles. The zero-order valence-electron chi connectivity index (χ0n) is 8.78. The van der Waals surface area contributed by atoms with Gasteiger partial charge in [-0.2, -0.15) is 0 Å². The number of terminal acetylenes is 1. The van der Waals surface area contributed by atoms with E-state index in [4.69, 9.17) is 6.42 Å². The Morgan fingerprint density at radius 2 is 1.88 bits per heavy atom. The molecule has 0 atom stereocenters. The van der Waals surface area contributed by atoms with Crippen LogP contribution in [-0.2, 0) is 6.42 Å². The van der Waals surface area contributed by atoms with Gasteiger partial charge < -0.3 is 0 Å². The fourth-order valence-corrected chi connectivity index (χ4v) is 1.72. The van der Waals surface area contributed by atoms with Gasteiger partial charge in [0, 0.05) is 6.42 Å². The Bertz CT molecular complexity index is 535. The minimum absolute atomic E-state index is 0.229. The van der Waals surface area contributed by atoms with E-state index >= 15 is 0 Å². The van der Waals surface area contributed by atoms with Gasteiger partial charge in [-0.3, -0.25) is 0 Å². The van der Waals surface area contributed by atoms with Gasteiger partial charge in [-0.05, 0) is 28.8 Å². The molecule has 1 heteroatoms. The Hall–Kier alpha value is -2.07. The summed E-state index contributed by atoms with van der Waals surface area (Å²) in [4.78, 5) is 0. The molecule has 0 aliphatic rings. The summed E-state index contributed by atoms with van der Waals surface area (Å²) in [6, 6.07) is 14.4. The van der Waals surface area contributed by atoms with Gasteiger partial charge >= 0.3 is 0 Å². The Labute approximate surface area is 94.7 Å². The fraction of sp³-hybridized carbons (Fsp3) is 0.0667. The lowest BCUT2D eigenvalue weighted by Crippen LogP contribution is -1.88. The van der Waals surface area contributed by atoms with Gasteiger partial charge in [0.05, 0.1) is 0 Å². The van der Waals surface area contributed by atoms with Crippen molar-refractivity contribution in [2.45, 2.75) is 6.42 Å². The lowest BCUT2D eigenvalue weighted by Gasteiger charge is -2.07. The number of benzene rings is 2. The molecule has 0 fully saturated rings. The Balaban J connectivity index is 2.52. The summed E-state index contributed by atoms with van der Waals surface area (Å²) in [5.74, 6) is 2.39. The van der Waals surface area contributed by atoms with Gasteiger partial charge in [0.2, 0.25) is 0 Å². The van der Waals surface area contributed by atoms with Crippen molar-refractivity contribution in [2.75, 3.05) is 0 Å². The third kappa shape index (κ3) is 2.12. The van der Waals surface area contributed by atoms with E-state index in [1.807, 2.05) is 30.3 Å². The summed E-state index contributed by atoms with van der Waals surface area (Å²) in [6.45, 7) is 0. The molecule has 16 heavy (non-hydrogen) atoms. The SMILES string of the molecule is C#CCc1ccccc1-c1cccc(F)c1. The smallest absolute Gasteiger partial charge is 0.123 e. The first-order chi connectivity index (χ1) is 7.81. The molecule has 0 spiro atoms. The second-order valence-electron chi connectivity index (χ2n) is 3.55. The molecule has 0 heterocycles. The zero-order chi connectivity index (χ0) is 11.4. The van der Waals surface area contributed by atoms with E-state index in [2.05, 4.69) is 5.92 Å². The Morgan fingerprint density at radius 1 is 1.06 bits per heavy atom. The minimum atomic E-state index is -0.229. The molecule has 0 saturated carbocycles. The van der Waals surface area contributed by atoms with Crippen LogP contribution in [0.3, 0.4) is 0 Å². The van der Waals surface area contributed by atoms with E-state index in [9.17, 15) is 4.39 Å². The molecular formula is C15H11F. The average Bonchev–Trinajstić information content (AvgIpc) is 2.30. The Kier molecular flexibility index (Phi) is 3.03. The fourth-order valence-electron chi connectivity index (χ4n) is 1.72. The number of halogens is 1. The lowest BCUT2D eigenvalue weighted by atomic mass is 9.98. The second kappa shape index (κ2) is 4.63. The van der Waals surface area contributed by atoms with Crippen LogP contribution in [0.2, 0.25) is 0 Å². The van der Waals surface area contributed by atoms with Crippen molar-refractivity contribution in [3.63, 3.8) is 0 Å². The third-order valence-electron chi connectivity index (χ3n) is 2.45. The van der Waals surface area contributed by atoms with E-state index in [1.54, 1.807) is 6.07 Å². The van der Waals surface area contributed by atoms with Crippen LogP contribution < -0.4 is 0 Å². The molecule has 2 aromatic carbocycles. The molecule has 0 nitrogen and oxygen atoms in total. The average molecular weight is 210 g/mol. The van der Waals surface area contributed by atoms with Crippen LogP contribution in [0.5, 0.6) is 0 Å². The molecule has 0 unspecified atom stereocenters. The van der Waals surface area contributed by atoms with Gasteiger partial charge in [-0.15, -0.1) is 12.3 Å². The van der Waals surface area contributed by atoms with Crippen molar-refractivity contribution >= 4 is 0 Å². The van der Waals surface area contributed by atoms with Crippen LogP contribution in [0.25, 0.3) is 11.1 Å². The normalized spacial score (nSPS) is 9.75. The van der Waals surface area contributed by atoms with Crippen LogP contribution in [0.15, 0.2) is 48.5 Å². The van der Waals surface area contributed by atoms with Crippen molar-refractivity contribution < 1.29 is 4.39 Å². The third-order valence-corrected chi connectivity index (χ3v) is 2.45. The van der Waals surface area contributed by atoms with E-state index in [1.165, 1.54) is 12.1 Å². The molecule has 0 aliphatic carbocycles. The summed E-state index contributed by atoms with van der Waals surface area (Å²) in [7, 11) is 0. The maximum absolute atomic E-state index is 13.1. The summed E-state index contributed by atoms with van der Waals surface area (Å²) < 4.78 is 13.1. The second-order valence-corrected chi connectivity index (χ2v) is 3.55. The monoisotopic (exact) mass is 210 g/mol. The molecule has 0 aliphatic heterocycles. The highest BCUT2D eigenvalue weighted by Gasteiger charge is 2.03. The largest absolute Gasteiger partial charge is 0.207 e. The molecule has 2 aromatic rings. The van der Waals surface area contributed by atoms with Crippen molar-refractivity contribution in [2.24, 2.45) is 0 Å². The number of hydrogen-bond donors (Lipinski definition) is 0. The zero-order valence-corrected chi connectivity index (χ0v) is 8.78. The number of hydrogen-bond acceptors (Lipinski definition) is 0. The molecule has 2 rings (SSSR count). The standard InChI is InChI=1S/C15H11F/c1-2-6-12-7-3-4-10-15(12)13-8-5-9-14(16)11-13/h1,3-5,7-11H,6H2. The van der Waals surface area contributed by atoms with Crippen molar-refractivity contribution in [3.05, 3.63) is 59.9 Å². The van der Waals surface area contributed by atoms with E-state index in [-0.39, 0.29) is 5.82 Å². The van der Waals surface area contributed by atoms with Crippen LogP contribution in [0.4, 0.5) is 4.39 Å². The van der Waals surface area contributed by atoms with E-state index in [0.29, 0.717) is 6.42 Å². The highest BCUT2D eigenvalue weighted by atomic mass is 19.1. The topological polar surface area (TPSA) is 0 Å². The molecule has 0 radical (unpaired) electrons. The van der Waals surface area contributed by atoms with Gasteiger partial charge in [0.25, 0.3) is 0 Å². The maximum Gasteiger partial charge on any atom is 0.123 e. The summed E-state index contributed by atoms with van der Waals surface area (Å²) in [5, 5.41) is 0. The predicted molar refractivity (Wildman–Crippen MR) is 64.4 cm³/mol. The minimum Gasteiger partial charge on any atom is -0.207 e. The molecule has 0 aromatic heterocycles. The summed E-state index contributed by atoms with van der Waals surface area (Å²) in [6.07, 6.45) is 5.88. The van der Waals surface area contributed by atoms with Gasteiger partial charge in [-0.1, -0.05) is 36.4 Å². The van der Waals surface area contributed by atoms with Gasteiger partial charge in [0.1, 0.15) is 5.82 Å². The lowest BCUT2D eigenvalue weighted by molar-refractivity contribution is 0.628. The van der Waals surface area contributed by atoms with Crippen molar-refractivity contribution in [1.29, 1.82) is 0 Å². The van der Waals surface area contributed by atoms with Crippen LogP contribution in [0, 0.1) is 18.2 Å². The molecule has 0 bridgehead atoms. The molecule has 78 valence electrons. The van der Waals surface area contributed by atoms with Gasteiger partial charge in [0.15, 0.2) is 0 Å². The van der Waals surface area contributed by atoms with Crippen LogP contribution in [-0.4, -0.2) is 0 Å². The highest BCUT2D eigenvalue weighted by Crippen LogP contribution is 2.24. The summed E-state index contributed by atoms with van der Waals surface area (Å²) >= 11 is 0. The van der Waals surface area contributed by atoms with Crippen molar-refractivity contribution in [3.8, 4) is 23.5 Å². The predicted octanol–water partition coefficient (Wildman–Crippen LogP) is 3.67. The first-order valence-electron chi connectivity index (χ1n) is 5.08. The quantitative estimate of drug-likeness (QED) is 0.663. The van der Waals surface area contributed by atoms with Crippen LogP contribution >= 0.6 is 0 Å². The molecular weight excluding hydrogens is 199 g/mol. The molecule has 0 N–H and O–H groups in total. The summed E-state index contributed by atoms with van der Waals surface area (Å²) in [5.41, 5.74) is 2.92. The Morgan fingerprint density at radius 3 is 2.62 bits per heavy atom. The van der Waals surface area contributed by atoms with Gasteiger partial charge in [-0.25, -0.2) is 4.39 Å².